The third-order valence-corrected chi connectivity index (χ3v) is 4.43. The Hall–Kier alpha value is -3.62. The van der Waals surface area contributed by atoms with Crippen molar-refractivity contribution in [1.29, 1.82) is 0 Å². The van der Waals surface area contributed by atoms with Gasteiger partial charge in [-0.3, -0.25) is 15.1 Å². The maximum atomic E-state index is 12.1. The summed E-state index contributed by atoms with van der Waals surface area (Å²) in [6, 6.07) is 26.2. The Morgan fingerprint density at radius 2 is 1.65 bits per heavy atom. The normalized spacial score (nSPS) is 10.7. The maximum Gasteiger partial charge on any atom is 0.429 e. The van der Waals surface area contributed by atoms with Crippen LogP contribution in [-0.2, 0) is 32.8 Å². The topological polar surface area (TPSA) is 70.6 Å². The second-order valence-electron chi connectivity index (χ2n) is 6.86. The van der Waals surface area contributed by atoms with Crippen molar-refractivity contribution in [2.75, 3.05) is 0 Å². The van der Waals surface area contributed by atoms with Gasteiger partial charge in [0.15, 0.2) is 0 Å². The number of rotatable bonds is 4. The number of pyridine rings is 1. The Kier molecular flexibility index (Phi) is 8.45. The standard InChI is InChI=1S/C16H13N2.C8H4F3N4.Ir/c1-3-7-14(8-4-1)11-18-12-16(17-13-18)15-9-5-2-6-10-15;9-8(10,11)7-13-6(14-15-7)5-3-1-2-4-12-5;/h1-9,12-13H,11H2;1-4H;/q2*-1;. The summed E-state index contributed by atoms with van der Waals surface area (Å²) in [4.78, 5) is 11.5. The molecule has 34 heavy (non-hydrogen) atoms. The predicted molar refractivity (Wildman–Crippen MR) is 116 cm³/mol. The number of halogens is 3. The summed E-state index contributed by atoms with van der Waals surface area (Å²) >= 11 is 0. The van der Waals surface area contributed by atoms with Gasteiger partial charge in [-0.1, -0.05) is 36.4 Å². The number of hydrogen-bond acceptors (Lipinski definition) is 4. The second-order valence-corrected chi connectivity index (χ2v) is 6.86. The molecule has 3 aromatic heterocycles. The first-order valence-electron chi connectivity index (χ1n) is 9.88. The molecule has 0 aliphatic heterocycles. The van der Waals surface area contributed by atoms with Crippen molar-refractivity contribution in [3.8, 4) is 22.8 Å². The van der Waals surface area contributed by atoms with Crippen molar-refractivity contribution in [3.05, 3.63) is 109 Å². The number of hydrogen-bond donors (Lipinski definition) is 0. The maximum absolute atomic E-state index is 12.1. The molecule has 0 spiro atoms. The molecule has 0 saturated heterocycles. The Morgan fingerprint density at radius 3 is 2.29 bits per heavy atom. The van der Waals surface area contributed by atoms with Gasteiger partial charge in [0.1, 0.15) is 5.82 Å². The molecular formula is C24H17F3IrN6-2. The molecule has 5 rings (SSSR count). The van der Waals surface area contributed by atoms with Crippen molar-refractivity contribution in [2.24, 2.45) is 0 Å². The van der Waals surface area contributed by atoms with Crippen LogP contribution >= 0.6 is 0 Å². The van der Waals surface area contributed by atoms with E-state index in [1.807, 2.05) is 36.7 Å². The van der Waals surface area contributed by atoms with E-state index in [4.69, 9.17) is 0 Å². The van der Waals surface area contributed by atoms with Gasteiger partial charge in [0, 0.05) is 38.5 Å². The number of nitrogens with zero attached hydrogens (tertiary/aromatic N) is 6. The Morgan fingerprint density at radius 1 is 0.882 bits per heavy atom. The number of imidazole rings is 1. The van der Waals surface area contributed by atoms with Crippen molar-refractivity contribution in [1.82, 2.24) is 29.7 Å². The first-order chi connectivity index (χ1) is 16.0. The van der Waals surface area contributed by atoms with Crippen molar-refractivity contribution < 1.29 is 33.3 Å². The molecule has 0 atom stereocenters. The zero-order valence-corrected chi connectivity index (χ0v) is 19.9. The van der Waals surface area contributed by atoms with Crippen molar-refractivity contribution in [2.45, 2.75) is 12.7 Å². The van der Waals surface area contributed by atoms with Gasteiger partial charge in [-0.05, 0) is 29.7 Å². The summed E-state index contributed by atoms with van der Waals surface area (Å²) in [5.41, 5.74) is 3.54. The molecule has 2 aromatic carbocycles. The summed E-state index contributed by atoms with van der Waals surface area (Å²) in [5, 5.41) is 6.25. The number of aromatic nitrogens is 6. The van der Waals surface area contributed by atoms with Gasteiger partial charge in [0.2, 0.25) is 0 Å². The van der Waals surface area contributed by atoms with Gasteiger partial charge in [-0.15, -0.1) is 35.9 Å². The molecule has 1 radical (unpaired) electrons. The molecule has 0 fully saturated rings. The van der Waals surface area contributed by atoms with Crippen LogP contribution in [0.5, 0.6) is 0 Å². The average molecular weight is 639 g/mol. The molecule has 10 heteroatoms. The van der Waals surface area contributed by atoms with Gasteiger partial charge in [-0.2, -0.15) is 13.2 Å². The van der Waals surface area contributed by atoms with E-state index >= 15 is 0 Å². The monoisotopic (exact) mass is 639 g/mol. The summed E-state index contributed by atoms with van der Waals surface area (Å²) < 4.78 is 38.5. The predicted octanol–water partition coefficient (Wildman–Crippen LogP) is 4.91. The minimum Gasteiger partial charge on any atom is -0.413 e. The fraction of sp³-hybridized carbons (Fsp3) is 0.0833. The second kappa shape index (κ2) is 11.5. The summed E-state index contributed by atoms with van der Waals surface area (Å²) in [6.45, 7) is 0.848. The van der Waals surface area contributed by atoms with Gasteiger partial charge in [0.25, 0.3) is 0 Å². The van der Waals surface area contributed by atoms with E-state index in [9.17, 15) is 13.2 Å². The largest absolute Gasteiger partial charge is 0.429 e. The summed E-state index contributed by atoms with van der Waals surface area (Å²) in [5.74, 6) is -1.37. The molecule has 0 aliphatic rings. The minimum atomic E-state index is -4.57. The molecule has 0 bridgehead atoms. The molecule has 0 aliphatic carbocycles. The zero-order valence-electron chi connectivity index (χ0n) is 17.5. The summed E-state index contributed by atoms with van der Waals surface area (Å²) in [7, 11) is 0. The van der Waals surface area contributed by atoms with Crippen LogP contribution < -0.4 is 5.10 Å². The molecule has 6 nitrogen and oxygen atoms in total. The van der Waals surface area contributed by atoms with E-state index in [-0.39, 0.29) is 31.6 Å². The molecule has 0 N–H and O–H groups in total. The Balaban J connectivity index is 0.000000188. The van der Waals surface area contributed by atoms with E-state index in [0.29, 0.717) is 0 Å². The third kappa shape index (κ3) is 6.69. The van der Waals surface area contributed by atoms with E-state index in [0.717, 1.165) is 17.8 Å². The molecule has 0 unspecified atom stereocenters. The van der Waals surface area contributed by atoms with Crippen LogP contribution in [0.2, 0.25) is 0 Å². The van der Waals surface area contributed by atoms with Crippen LogP contribution in [-0.4, -0.2) is 24.6 Å². The van der Waals surface area contributed by atoms with Crippen LogP contribution in [0.4, 0.5) is 13.2 Å². The molecule has 3 heterocycles. The molecule has 0 saturated carbocycles. The fourth-order valence-corrected chi connectivity index (χ4v) is 2.90. The molecule has 5 aromatic rings. The van der Waals surface area contributed by atoms with Gasteiger partial charge in [-0.25, -0.2) is 0 Å². The van der Waals surface area contributed by atoms with E-state index in [1.54, 1.807) is 12.1 Å². The van der Waals surface area contributed by atoms with Crippen LogP contribution in [0, 0.1) is 6.07 Å². The first kappa shape index (κ1) is 25.0. The van der Waals surface area contributed by atoms with Crippen LogP contribution in [0.3, 0.4) is 0 Å². The molecule has 0 amide bonds. The van der Waals surface area contributed by atoms with Crippen LogP contribution in [0.15, 0.2) is 91.5 Å². The minimum absolute atomic E-state index is 0. The van der Waals surface area contributed by atoms with Gasteiger partial charge >= 0.3 is 6.18 Å². The zero-order chi connectivity index (χ0) is 23.1. The SMILES string of the molecule is FC(F)(F)c1n[n-]c(-c2ccccn2)n1.[Ir].[c-]1ccccc1-c1cn(Cc2ccccc2)cn1. The smallest absolute Gasteiger partial charge is 0.413 e. The molecular weight excluding hydrogens is 622 g/mol. The van der Waals surface area contributed by atoms with E-state index in [2.05, 4.69) is 66.2 Å². The quantitative estimate of drug-likeness (QED) is 0.262. The van der Waals surface area contributed by atoms with Crippen LogP contribution in [0.1, 0.15) is 11.4 Å². The van der Waals surface area contributed by atoms with Gasteiger partial charge < -0.3 is 14.6 Å². The summed E-state index contributed by atoms with van der Waals surface area (Å²) in [6.07, 6.45) is 0.793. The third-order valence-electron chi connectivity index (χ3n) is 4.43. The molecule has 175 valence electrons. The van der Waals surface area contributed by atoms with E-state index in [1.165, 1.54) is 17.8 Å². The Labute approximate surface area is 207 Å². The van der Waals surface area contributed by atoms with Crippen LogP contribution in [0.25, 0.3) is 22.8 Å². The van der Waals surface area contributed by atoms with Gasteiger partial charge in [0.05, 0.1) is 12.0 Å². The Bertz CT molecular complexity index is 1270. The first-order valence-corrected chi connectivity index (χ1v) is 9.88. The average Bonchev–Trinajstić information content (AvgIpc) is 3.52. The number of alkyl halides is 3. The van der Waals surface area contributed by atoms with E-state index < -0.39 is 12.0 Å². The van der Waals surface area contributed by atoms with Crippen molar-refractivity contribution >= 4 is 0 Å². The fourth-order valence-electron chi connectivity index (χ4n) is 2.90. The number of benzene rings is 2. The van der Waals surface area contributed by atoms with Crippen molar-refractivity contribution in [3.63, 3.8) is 0 Å².